The molecule has 1 saturated heterocycles. The van der Waals surface area contributed by atoms with E-state index in [0.29, 0.717) is 11.3 Å². The number of para-hydroxylation sites is 1. The van der Waals surface area contributed by atoms with Crippen LogP contribution in [-0.2, 0) is 30.0 Å². The molecule has 0 spiro atoms. The van der Waals surface area contributed by atoms with E-state index in [2.05, 4.69) is 43.3 Å². The maximum absolute atomic E-state index is 12.8. The van der Waals surface area contributed by atoms with Crippen LogP contribution in [0.2, 0.25) is 19.6 Å². The molecule has 45 heavy (non-hydrogen) atoms. The van der Waals surface area contributed by atoms with E-state index in [9.17, 15) is 9.90 Å². The van der Waals surface area contributed by atoms with Crippen molar-refractivity contribution in [2.45, 2.75) is 89.1 Å². The average molecular weight is 631 g/mol. The molecule has 1 aliphatic heterocycles. The molecule has 0 bridgehead atoms. The van der Waals surface area contributed by atoms with Gasteiger partial charge in [-0.15, -0.1) is 0 Å². The Bertz CT molecular complexity index is 1530. The van der Waals surface area contributed by atoms with E-state index >= 15 is 0 Å². The van der Waals surface area contributed by atoms with E-state index in [1.54, 1.807) is 34.0 Å². The number of benzene rings is 2. The number of ether oxygens (including phenoxy) is 5. The van der Waals surface area contributed by atoms with Gasteiger partial charge < -0.3 is 33.2 Å². The molecule has 2 aliphatic carbocycles. The van der Waals surface area contributed by atoms with Crippen molar-refractivity contribution in [2.24, 2.45) is 5.41 Å². The van der Waals surface area contributed by atoms with Crippen molar-refractivity contribution in [3.8, 4) is 35.2 Å². The van der Waals surface area contributed by atoms with E-state index < -0.39 is 49.4 Å². The highest BCUT2D eigenvalue weighted by Crippen LogP contribution is 2.45. The zero-order valence-corrected chi connectivity index (χ0v) is 28.0. The van der Waals surface area contributed by atoms with Gasteiger partial charge in [-0.05, 0) is 76.3 Å². The first-order valence-corrected chi connectivity index (χ1v) is 18.6. The predicted molar refractivity (Wildman–Crippen MR) is 172 cm³/mol. The largest absolute Gasteiger partial charge is 0.497 e. The molecule has 6 atom stereocenters. The standard InChI is InChI=1S/C36H42O8Si/c1-34(2,3)33(38)41-24-32(40-23-25-13-15-28(39-4)16-14-25)35-20-19-26-21-27(37)22-36(26,44-45(5,6)7)30(17-18-31(35)43-35)42-29-11-9-8-10-12-29/h8-16,21,27,30-32,37H,22-24H2,1-7H3/t27-,30-,31-,32+,35+,36-/m1/s1. The Morgan fingerprint density at radius 1 is 1.07 bits per heavy atom. The van der Waals surface area contributed by atoms with Crippen molar-refractivity contribution in [1.29, 1.82) is 0 Å². The van der Waals surface area contributed by atoms with Gasteiger partial charge in [0.25, 0.3) is 0 Å². The van der Waals surface area contributed by atoms with E-state index in [0.717, 1.165) is 11.3 Å². The first-order chi connectivity index (χ1) is 21.2. The topological polar surface area (TPSA) is 96.0 Å². The lowest BCUT2D eigenvalue weighted by atomic mass is 9.89. The maximum atomic E-state index is 12.8. The van der Waals surface area contributed by atoms with E-state index in [-0.39, 0.29) is 25.6 Å². The van der Waals surface area contributed by atoms with Crippen molar-refractivity contribution < 1.29 is 38.0 Å². The molecule has 0 saturated carbocycles. The summed E-state index contributed by atoms with van der Waals surface area (Å²) in [6.07, 6.45) is -0.985. The van der Waals surface area contributed by atoms with Gasteiger partial charge in [-0.3, -0.25) is 4.79 Å². The Morgan fingerprint density at radius 2 is 1.78 bits per heavy atom. The van der Waals surface area contributed by atoms with E-state index in [4.69, 9.17) is 28.1 Å². The molecule has 8 nitrogen and oxygen atoms in total. The number of methoxy groups -OCH3 is 1. The molecular weight excluding hydrogens is 588 g/mol. The molecule has 0 radical (unpaired) electrons. The Labute approximate surface area is 267 Å². The molecule has 0 unspecified atom stereocenters. The van der Waals surface area contributed by atoms with Crippen molar-refractivity contribution in [1.82, 2.24) is 0 Å². The van der Waals surface area contributed by atoms with E-state index in [1.165, 1.54) is 0 Å². The first-order valence-electron chi connectivity index (χ1n) is 15.2. The van der Waals surface area contributed by atoms with Crippen LogP contribution in [0, 0.1) is 29.1 Å². The van der Waals surface area contributed by atoms with Crippen LogP contribution < -0.4 is 9.47 Å². The number of rotatable bonds is 11. The summed E-state index contributed by atoms with van der Waals surface area (Å²) < 4.78 is 37.0. The summed E-state index contributed by atoms with van der Waals surface area (Å²) in [7, 11) is -0.606. The second kappa shape index (κ2) is 12.7. The fraction of sp³-hybridized carbons (Fsp3) is 0.472. The van der Waals surface area contributed by atoms with Crippen molar-refractivity contribution in [3.63, 3.8) is 0 Å². The van der Waals surface area contributed by atoms with Gasteiger partial charge in [-0.1, -0.05) is 54.0 Å². The number of epoxide rings is 1. The Balaban J connectivity index is 1.53. The second-order valence-corrected chi connectivity index (χ2v) is 18.0. The number of esters is 1. The predicted octanol–water partition coefficient (Wildman–Crippen LogP) is 5.06. The maximum Gasteiger partial charge on any atom is 0.311 e. The lowest BCUT2D eigenvalue weighted by Gasteiger charge is -2.40. The van der Waals surface area contributed by atoms with Crippen LogP contribution in [0.3, 0.4) is 0 Å². The van der Waals surface area contributed by atoms with Crippen LogP contribution in [0.15, 0.2) is 66.2 Å². The molecule has 5 rings (SSSR count). The number of carbonyl (C=O) groups is 1. The van der Waals surface area contributed by atoms with Crippen LogP contribution in [0.5, 0.6) is 11.5 Å². The highest BCUT2D eigenvalue weighted by Gasteiger charge is 2.63. The molecule has 1 fully saturated rings. The minimum atomic E-state index is -2.22. The van der Waals surface area contributed by atoms with Crippen molar-refractivity contribution in [3.05, 3.63) is 71.8 Å². The smallest absolute Gasteiger partial charge is 0.311 e. The van der Waals surface area contributed by atoms with Gasteiger partial charge in [-0.25, -0.2) is 0 Å². The van der Waals surface area contributed by atoms with Crippen LogP contribution >= 0.6 is 0 Å². The van der Waals surface area contributed by atoms with Crippen molar-refractivity contribution in [2.75, 3.05) is 13.7 Å². The van der Waals surface area contributed by atoms with Crippen LogP contribution in [0.4, 0.5) is 0 Å². The first kappa shape index (κ1) is 32.8. The van der Waals surface area contributed by atoms with Crippen LogP contribution in [-0.4, -0.2) is 68.7 Å². The number of fused-ring (bicyclic) bond motifs is 2. The lowest BCUT2D eigenvalue weighted by Crippen LogP contribution is -2.53. The normalized spacial score (nSPS) is 27.4. The van der Waals surface area contributed by atoms with Gasteiger partial charge in [0.2, 0.25) is 0 Å². The highest BCUT2D eigenvalue weighted by atomic mass is 28.4. The fourth-order valence-corrected chi connectivity index (χ4v) is 6.79. The molecule has 0 amide bonds. The summed E-state index contributed by atoms with van der Waals surface area (Å²) in [5, 5.41) is 10.9. The molecule has 1 heterocycles. The number of hydrogen-bond donors (Lipinski definition) is 1. The monoisotopic (exact) mass is 630 g/mol. The minimum Gasteiger partial charge on any atom is -0.497 e. The molecule has 0 aromatic heterocycles. The third kappa shape index (κ3) is 7.46. The number of hydrogen-bond acceptors (Lipinski definition) is 8. The summed E-state index contributed by atoms with van der Waals surface area (Å²) in [5.74, 6) is 14.2. The second-order valence-electron chi connectivity index (χ2n) is 13.6. The zero-order valence-electron chi connectivity index (χ0n) is 27.0. The lowest BCUT2D eigenvalue weighted by molar-refractivity contribution is -0.159. The molecule has 3 aliphatic rings. The molecule has 2 aromatic rings. The third-order valence-electron chi connectivity index (χ3n) is 7.69. The molecule has 1 N–H and O–H groups in total. The van der Waals surface area contributed by atoms with Gasteiger partial charge in [0.05, 0.1) is 25.2 Å². The minimum absolute atomic E-state index is 0.0821. The summed E-state index contributed by atoms with van der Waals surface area (Å²) in [4.78, 5) is 12.8. The Morgan fingerprint density at radius 3 is 2.42 bits per heavy atom. The van der Waals surface area contributed by atoms with Gasteiger partial charge >= 0.3 is 5.97 Å². The van der Waals surface area contributed by atoms with Crippen LogP contribution in [0.25, 0.3) is 0 Å². The van der Waals surface area contributed by atoms with Gasteiger partial charge in [-0.2, -0.15) is 0 Å². The SMILES string of the molecule is COc1ccc(CO[C@@H](COC(=O)C(C)(C)C)[C@]23C#CC4=C[C@@H](O)C[C@]4(O[Si](C)(C)C)[C@H](Oc4ccccc4)C#C[C@H]2O3)cc1. The highest BCUT2D eigenvalue weighted by molar-refractivity contribution is 6.69. The number of carbonyl (C=O) groups excluding carboxylic acids is 1. The Hall–Kier alpha value is -3.57. The molecular formula is C36H42O8Si. The average Bonchev–Trinajstić information content (AvgIpc) is 3.59. The van der Waals surface area contributed by atoms with E-state index in [1.807, 2.05) is 54.6 Å². The van der Waals surface area contributed by atoms with Gasteiger partial charge in [0, 0.05) is 12.0 Å². The summed E-state index contributed by atoms with van der Waals surface area (Å²) in [5.41, 5.74) is -1.48. The Kier molecular flexibility index (Phi) is 9.24. The number of aliphatic hydroxyl groups is 1. The fourth-order valence-electron chi connectivity index (χ4n) is 5.40. The van der Waals surface area contributed by atoms with Gasteiger partial charge in [0.15, 0.2) is 26.1 Å². The molecule has 238 valence electrons. The summed E-state index contributed by atoms with van der Waals surface area (Å²) >= 11 is 0. The van der Waals surface area contributed by atoms with Gasteiger partial charge in [0.1, 0.15) is 29.8 Å². The number of aliphatic hydroxyl groups excluding tert-OH is 1. The quantitative estimate of drug-likeness (QED) is 0.159. The third-order valence-corrected chi connectivity index (χ3v) is 8.66. The van der Waals surface area contributed by atoms with Crippen molar-refractivity contribution >= 4 is 14.3 Å². The van der Waals surface area contributed by atoms with Crippen LogP contribution in [0.1, 0.15) is 32.8 Å². The molecule has 2 aromatic carbocycles. The summed E-state index contributed by atoms with van der Waals surface area (Å²) in [6, 6.07) is 17.0. The molecule has 9 heteroatoms. The zero-order chi connectivity index (χ0) is 32.5. The summed E-state index contributed by atoms with van der Waals surface area (Å²) in [6.45, 7) is 11.8.